The van der Waals surface area contributed by atoms with Gasteiger partial charge in [-0.05, 0) is 82.6 Å². The summed E-state index contributed by atoms with van der Waals surface area (Å²) in [5.74, 6) is -0.715. The highest BCUT2D eigenvalue weighted by Gasteiger charge is 2.15. The molecule has 0 aliphatic heterocycles. The van der Waals surface area contributed by atoms with Gasteiger partial charge in [-0.25, -0.2) is 0 Å². The summed E-state index contributed by atoms with van der Waals surface area (Å²) in [6.07, 6.45) is 0.0718. The normalized spacial score (nSPS) is 10.5. The number of benzene rings is 2. The van der Waals surface area contributed by atoms with Crippen LogP contribution in [0.15, 0.2) is 42.5 Å². The number of aryl methyl sites for hydroxylation is 1. The molecule has 150 valence electrons. The van der Waals surface area contributed by atoms with E-state index >= 15 is 0 Å². The van der Waals surface area contributed by atoms with Crippen LogP contribution >= 0.6 is 0 Å². The molecule has 6 heteroatoms. The van der Waals surface area contributed by atoms with E-state index in [0.29, 0.717) is 17.1 Å². The highest BCUT2D eigenvalue weighted by atomic mass is 16.5. The zero-order valence-electron chi connectivity index (χ0n) is 17.2. The number of nitrogens with zero attached hydrogens (tertiary/aromatic N) is 1. The van der Waals surface area contributed by atoms with E-state index in [1.54, 1.807) is 24.3 Å². The van der Waals surface area contributed by atoms with Crippen LogP contribution in [-0.2, 0) is 9.59 Å². The fraction of sp³-hybridized carbons (Fsp3) is 0.364. The van der Waals surface area contributed by atoms with Crippen molar-refractivity contribution in [1.82, 2.24) is 0 Å². The second-order valence-electron chi connectivity index (χ2n) is 6.77. The van der Waals surface area contributed by atoms with Gasteiger partial charge >= 0.3 is 11.8 Å². The molecule has 2 N–H and O–H groups in total. The third kappa shape index (κ3) is 5.74. The van der Waals surface area contributed by atoms with E-state index in [1.165, 1.54) is 0 Å². The summed E-state index contributed by atoms with van der Waals surface area (Å²) in [5, 5.41) is 5.27. The Kier molecular flexibility index (Phi) is 7.44. The van der Waals surface area contributed by atoms with Crippen molar-refractivity contribution in [3.8, 4) is 5.75 Å². The first-order valence-electron chi connectivity index (χ1n) is 9.58. The van der Waals surface area contributed by atoms with Gasteiger partial charge in [-0.15, -0.1) is 0 Å². The van der Waals surface area contributed by atoms with Crippen molar-refractivity contribution in [2.24, 2.45) is 0 Å². The summed E-state index contributed by atoms with van der Waals surface area (Å²) in [5.41, 5.74) is 3.15. The van der Waals surface area contributed by atoms with Gasteiger partial charge in [-0.1, -0.05) is 0 Å². The summed E-state index contributed by atoms with van der Waals surface area (Å²) in [4.78, 5) is 26.7. The molecule has 0 atom stereocenters. The Bertz CT molecular complexity index is 812. The van der Waals surface area contributed by atoms with Gasteiger partial charge in [0.2, 0.25) is 0 Å². The van der Waals surface area contributed by atoms with Crippen LogP contribution in [0.3, 0.4) is 0 Å². The van der Waals surface area contributed by atoms with Crippen molar-refractivity contribution in [2.75, 3.05) is 28.6 Å². The Hall–Kier alpha value is -3.02. The number of anilines is 3. The van der Waals surface area contributed by atoms with Crippen LogP contribution in [0.5, 0.6) is 5.75 Å². The third-order valence-electron chi connectivity index (χ3n) is 4.28. The minimum absolute atomic E-state index is 0.0718. The number of rotatable bonds is 7. The van der Waals surface area contributed by atoms with E-state index in [2.05, 4.69) is 29.4 Å². The Morgan fingerprint density at radius 2 is 1.57 bits per heavy atom. The van der Waals surface area contributed by atoms with Gasteiger partial charge in [-0.2, -0.15) is 0 Å². The molecule has 2 rings (SSSR count). The predicted molar refractivity (Wildman–Crippen MR) is 114 cm³/mol. The molecule has 0 unspecified atom stereocenters. The van der Waals surface area contributed by atoms with E-state index in [4.69, 9.17) is 4.74 Å². The average Bonchev–Trinajstić information content (AvgIpc) is 2.66. The molecule has 0 saturated heterocycles. The smallest absolute Gasteiger partial charge is 0.314 e. The standard InChI is InChI=1S/C22H29N3O3/c1-6-25(7-2)18-10-13-20(16(5)14-18)24-22(27)21(26)23-17-8-11-19(12-9-17)28-15(3)4/h8-15H,6-7H2,1-5H3,(H,23,26)(H,24,27). The van der Waals surface area contributed by atoms with Gasteiger partial charge in [0, 0.05) is 30.2 Å². The van der Waals surface area contributed by atoms with Crippen LogP contribution in [0.2, 0.25) is 0 Å². The molecule has 0 aliphatic rings. The lowest BCUT2D eigenvalue weighted by molar-refractivity contribution is -0.133. The van der Waals surface area contributed by atoms with E-state index < -0.39 is 11.8 Å². The maximum Gasteiger partial charge on any atom is 0.314 e. The Labute approximate surface area is 166 Å². The highest BCUT2D eigenvalue weighted by molar-refractivity contribution is 6.43. The van der Waals surface area contributed by atoms with Crippen molar-refractivity contribution in [1.29, 1.82) is 0 Å². The molecule has 0 radical (unpaired) electrons. The molecule has 0 spiro atoms. The molecular formula is C22H29N3O3. The van der Waals surface area contributed by atoms with Crippen molar-refractivity contribution in [3.05, 3.63) is 48.0 Å². The van der Waals surface area contributed by atoms with Gasteiger partial charge < -0.3 is 20.3 Å². The zero-order chi connectivity index (χ0) is 20.7. The average molecular weight is 383 g/mol. The van der Waals surface area contributed by atoms with E-state index in [-0.39, 0.29) is 6.10 Å². The molecule has 0 saturated carbocycles. The number of amides is 2. The first-order chi connectivity index (χ1) is 13.3. The zero-order valence-corrected chi connectivity index (χ0v) is 17.2. The molecule has 0 bridgehead atoms. The second-order valence-corrected chi connectivity index (χ2v) is 6.77. The number of carbonyl (C=O) groups is 2. The highest BCUT2D eigenvalue weighted by Crippen LogP contribution is 2.23. The lowest BCUT2D eigenvalue weighted by Crippen LogP contribution is -2.29. The minimum Gasteiger partial charge on any atom is -0.491 e. The van der Waals surface area contributed by atoms with Crippen LogP contribution in [0.25, 0.3) is 0 Å². The molecule has 0 aromatic heterocycles. The quantitative estimate of drug-likeness (QED) is 0.703. The molecular weight excluding hydrogens is 354 g/mol. The van der Waals surface area contributed by atoms with Crippen molar-refractivity contribution < 1.29 is 14.3 Å². The summed E-state index contributed by atoms with van der Waals surface area (Å²) < 4.78 is 5.56. The van der Waals surface area contributed by atoms with Crippen molar-refractivity contribution >= 4 is 28.9 Å². The molecule has 2 amide bonds. The Morgan fingerprint density at radius 3 is 2.11 bits per heavy atom. The van der Waals surface area contributed by atoms with E-state index in [0.717, 1.165) is 24.3 Å². The fourth-order valence-electron chi connectivity index (χ4n) is 2.83. The molecule has 0 aliphatic carbocycles. The lowest BCUT2D eigenvalue weighted by Gasteiger charge is -2.22. The van der Waals surface area contributed by atoms with Crippen molar-refractivity contribution in [3.63, 3.8) is 0 Å². The third-order valence-corrected chi connectivity index (χ3v) is 4.28. The largest absolute Gasteiger partial charge is 0.491 e. The summed E-state index contributed by atoms with van der Waals surface area (Å²) in [6.45, 7) is 11.8. The van der Waals surface area contributed by atoms with Gasteiger partial charge in [0.15, 0.2) is 0 Å². The van der Waals surface area contributed by atoms with Crippen LogP contribution in [0, 0.1) is 6.92 Å². The van der Waals surface area contributed by atoms with Crippen LogP contribution in [-0.4, -0.2) is 31.0 Å². The number of carbonyl (C=O) groups excluding carboxylic acids is 2. The maximum atomic E-state index is 12.3. The monoisotopic (exact) mass is 383 g/mol. The van der Waals surface area contributed by atoms with E-state index in [9.17, 15) is 9.59 Å². The van der Waals surface area contributed by atoms with Crippen molar-refractivity contribution in [2.45, 2.75) is 40.7 Å². The van der Waals surface area contributed by atoms with Gasteiger partial charge in [0.05, 0.1) is 6.10 Å². The maximum absolute atomic E-state index is 12.3. The molecule has 0 heterocycles. The number of nitrogens with one attached hydrogen (secondary N) is 2. The molecule has 0 fully saturated rings. The van der Waals surface area contributed by atoms with Crippen LogP contribution in [0.4, 0.5) is 17.1 Å². The van der Waals surface area contributed by atoms with Crippen LogP contribution in [0.1, 0.15) is 33.3 Å². The second kappa shape index (κ2) is 9.78. The first kappa shape index (κ1) is 21.3. The van der Waals surface area contributed by atoms with Gasteiger partial charge in [-0.3, -0.25) is 9.59 Å². The number of hydrogen-bond donors (Lipinski definition) is 2. The van der Waals surface area contributed by atoms with Gasteiger partial charge in [0.25, 0.3) is 0 Å². The van der Waals surface area contributed by atoms with Gasteiger partial charge in [0.1, 0.15) is 5.75 Å². The summed E-state index contributed by atoms with van der Waals surface area (Å²) in [6, 6.07) is 12.7. The molecule has 2 aromatic carbocycles. The molecule has 28 heavy (non-hydrogen) atoms. The number of hydrogen-bond acceptors (Lipinski definition) is 4. The topological polar surface area (TPSA) is 70.7 Å². The first-order valence-corrected chi connectivity index (χ1v) is 9.58. The molecule has 6 nitrogen and oxygen atoms in total. The minimum atomic E-state index is -0.718. The summed E-state index contributed by atoms with van der Waals surface area (Å²) >= 11 is 0. The summed E-state index contributed by atoms with van der Waals surface area (Å²) in [7, 11) is 0. The number of ether oxygens (including phenoxy) is 1. The van der Waals surface area contributed by atoms with Crippen LogP contribution < -0.4 is 20.3 Å². The Balaban J connectivity index is 1.99. The SMILES string of the molecule is CCN(CC)c1ccc(NC(=O)C(=O)Nc2ccc(OC(C)C)cc2)c(C)c1. The molecule has 2 aromatic rings. The predicted octanol–water partition coefficient (Wildman–Crippen LogP) is 4.21. The van der Waals surface area contributed by atoms with E-state index in [1.807, 2.05) is 39.0 Å². The fourth-order valence-corrected chi connectivity index (χ4v) is 2.83. The lowest BCUT2D eigenvalue weighted by atomic mass is 10.1. The Morgan fingerprint density at radius 1 is 0.964 bits per heavy atom.